The third-order valence-electron chi connectivity index (χ3n) is 2.88. The van der Waals surface area contributed by atoms with Gasteiger partial charge in [0.15, 0.2) is 11.6 Å². The number of rotatable bonds is 6. The fraction of sp³-hybridized carbons (Fsp3) is 0.250. The Kier molecular flexibility index (Phi) is 5.70. The molecule has 0 aliphatic rings. The summed E-state index contributed by atoms with van der Waals surface area (Å²) in [6.07, 6.45) is 0.979. The van der Waals surface area contributed by atoms with Crippen molar-refractivity contribution in [1.29, 1.82) is 0 Å². The molecule has 0 atom stereocenters. The molecule has 0 aromatic heterocycles. The van der Waals surface area contributed by atoms with E-state index in [9.17, 15) is 8.78 Å². The van der Waals surface area contributed by atoms with Crippen LogP contribution < -0.4 is 10.1 Å². The Bertz CT molecular complexity index is 619. The Morgan fingerprint density at radius 2 is 1.86 bits per heavy atom. The Labute approximate surface area is 131 Å². The van der Waals surface area contributed by atoms with Gasteiger partial charge in [-0.25, -0.2) is 8.78 Å². The van der Waals surface area contributed by atoms with Crippen LogP contribution in [0.15, 0.2) is 40.9 Å². The SMILES string of the molecule is CCCNCc1cc(F)ccc1Oc1ccc(Br)cc1F. The van der Waals surface area contributed by atoms with Crippen molar-refractivity contribution in [2.45, 2.75) is 19.9 Å². The minimum absolute atomic E-state index is 0.113. The minimum atomic E-state index is -0.471. The van der Waals surface area contributed by atoms with Gasteiger partial charge in [0.1, 0.15) is 11.6 Å². The second kappa shape index (κ2) is 7.52. The van der Waals surface area contributed by atoms with Crippen LogP contribution in [0.25, 0.3) is 0 Å². The monoisotopic (exact) mass is 355 g/mol. The lowest BCUT2D eigenvalue weighted by molar-refractivity contribution is 0.434. The van der Waals surface area contributed by atoms with Crippen LogP contribution in [0.3, 0.4) is 0 Å². The molecule has 0 saturated carbocycles. The third-order valence-corrected chi connectivity index (χ3v) is 3.37. The molecule has 0 heterocycles. The Morgan fingerprint density at radius 3 is 2.57 bits per heavy atom. The molecule has 0 unspecified atom stereocenters. The van der Waals surface area contributed by atoms with Gasteiger partial charge in [0.25, 0.3) is 0 Å². The van der Waals surface area contributed by atoms with E-state index in [2.05, 4.69) is 21.2 Å². The summed E-state index contributed by atoms with van der Waals surface area (Å²) in [4.78, 5) is 0. The van der Waals surface area contributed by atoms with Crippen LogP contribution >= 0.6 is 15.9 Å². The molecule has 0 radical (unpaired) electrons. The highest BCUT2D eigenvalue weighted by Gasteiger charge is 2.10. The quantitative estimate of drug-likeness (QED) is 0.734. The molecule has 5 heteroatoms. The molecule has 2 rings (SSSR count). The van der Waals surface area contributed by atoms with Gasteiger partial charge in [-0.05, 0) is 49.4 Å². The van der Waals surface area contributed by atoms with Crippen molar-refractivity contribution >= 4 is 15.9 Å². The van der Waals surface area contributed by atoms with Crippen molar-refractivity contribution in [2.75, 3.05) is 6.54 Å². The van der Waals surface area contributed by atoms with Crippen LogP contribution in [0.1, 0.15) is 18.9 Å². The summed E-state index contributed by atoms with van der Waals surface area (Å²) in [5.41, 5.74) is 0.658. The zero-order valence-corrected chi connectivity index (χ0v) is 13.2. The van der Waals surface area contributed by atoms with E-state index < -0.39 is 5.82 Å². The molecule has 0 saturated heterocycles. The Hall–Kier alpha value is -1.46. The van der Waals surface area contributed by atoms with Crippen molar-refractivity contribution < 1.29 is 13.5 Å². The number of nitrogens with one attached hydrogen (secondary N) is 1. The van der Waals surface area contributed by atoms with Crippen LogP contribution in [0, 0.1) is 11.6 Å². The van der Waals surface area contributed by atoms with Gasteiger partial charge in [0.2, 0.25) is 0 Å². The van der Waals surface area contributed by atoms with Gasteiger partial charge in [-0.3, -0.25) is 0 Å². The number of ether oxygens (including phenoxy) is 1. The second-order valence-corrected chi connectivity index (χ2v) is 5.52. The summed E-state index contributed by atoms with van der Waals surface area (Å²) in [5.74, 6) is -0.254. The summed E-state index contributed by atoms with van der Waals surface area (Å²) in [6.45, 7) is 3.34. The number of halogens is 3. The first-order valence-electron chi connectivity index (χ1n) is 6.72. The van der Waals surface area contributed by atoms with Gasteiger partial charge in [-0.15, -0.1) is 0 Å². The largest absolute Gasteiger partial charge is 0.454 e. The van der Waals surface area contributed by atoms with Crippen molar-refractivity contribution in [1.82, 2.24) is 5.32 Å². The molecule has 2 nitrogen and oxygen atoms in total. The van der Waals surface area contributed by atoms with E-state index in [-0.39, 0.29) is 11.6 Å². The van der Waals surface area contributed by atoms with Crippen molar-refractivity contribution in [3.05, 3.63) is 58.1 Å². The smallest absolute Gasteiger partial charge is 0.166 e. The van der Waals surface area contributed by atoms with Gasteiger partial charge in [0.05, 0.1) is 0 Å². The lowest BCUT2D eigenvalue weighted by Gasteiger charge is -2.12. The molecule has 0 spiro atoms. The fourth-order valence-corrected chi connectivity index (χ4v) is 2.20. The molecular formula is C16H16BrF2NO. The maximum Gasteiger partial charge on any atom is 0.166 e. The number of hydrogen-bond donors (Lipinski definition) is 1. The van der Waals surface area contributed by atoms with Gasteiger partial charge < -0.3 is 10.1 Å². The van der Waals surface area contributed by atoms with Gasteiger partial charge in [-0.1, -0.05) is 22.9 Å². The first-order valence-corrected chi connectivity index (χ1v) is 7.51. The van der Waals surface area contributed by atoms with E-state index in [1.807, 2.05) is 6.92 Å². The van der Waals surface area contributed by atoms with E-state index in [0.29, 0.717) is 22.3 Å². The molecule has 112 valence electrons. The predicted molar refractivity (Wildman–Crippen MR) is 82.6 cm³/mol. The summed E-state index contributed by atoms with van der Waals surface area (Å²) >= 11 is 3.19. The first kappa shape index (κ1) is 15.9. The molecular weight excluding hydrogens is 340 g/mol. The summed E-state index contributed by atoms with van der Waals surface area (Å²) in [6, 6.07) is 8.76. The van der Waals surface area contributed by atoms with E-state index >= 15 is 0 Å². The molecule has 0 amide bonds. The van der Waals surface area contributed by atoms with Crippen LogP contribution in [0.5, 0.6) is 11.5 Å². The first-order chi connectivity index (χ1) is 10.1. The van der Waals surface area contributed by atoms with E-state index in [0.717, 1.165) is 13.0 Å². The van der Waals surface area contributed by atoms with E-state index in [1.165, 1.54) is 30.3 Å². The van der Waals surface area contributed by atoms with Gasteiger partial charge >= 0.3 is 0 Å². The molecule has 21 heavy (non-hydrogen) atoms. The Morgan fingerprint density at radius 1 is 1.10 bits per heavy atom. The van der Waals surface area contributed by atoms with Crippen molar-refractivity contribution in [3.8, 4) is 11.5 Å². The molecule has 2 aromatic carbocycles. The van der Waals surface area contributed by atoms with Crippen molar-refractivity contribution in [2.24, 2.45) is 0 Å². The highest BCUT2D eigenvalue weighted by molar-refractivity contribution is 9.10. The average molecular weight is 356 g/mol. The standard InChI is InChI=1S/C16H16BrF2NO/c1-2-7-20-10-11-8-13(18)4-6-15(11)21-16-5-3-12(17)9-14(16)19/h3-6,8-9,20H,2,7,10H2,1H3. The summed E-state index contributed by atoms with van der Waals surface area (Å²) < 4.78 is 33.4. The lowest BCUT2D eigenvalue weighted by Crippen LogP contribution is -2.14. The fourth-order valence-electron chi connectivity index (χ4n) is 1.86. The minimum Gasteiger partial charge on any atom is -0.454 e. The molecule has 0 bridgehead atoms. The number of hydrogen-bond acceptors (Lipinski definition) is 2. The Balaban J connectivity index is 2.22. The van der Waals surface area contributed by atoms with Crippen LogP contribution in [0.4, 0.5) is 8.78 Å². The lowest BCUT2D eigenvalue weighted by atomic mass is 10.2. The number of benzene rings is 2. The summed E-state index contributed by atoms with van der Waals surface area (Å²) in [5, 5.41) is 3.18. The predicted octanol–water partition coefficient (Wildman–Crippen LogP) is 5.02. The maximum absolute atomic E-state index is 13.8. The molecule has 1 N–H and O–H groups in total. The van der Waals surface area contributed by atoms with Gasteiger partial charge in [0, 0.05) is 16.6 Å². The van der Waals surface area contributed by atoms with Crippen LogP contribution in [0.2, 0.25) is 0 Å². The topological polar surface area (TPSA) is 21.3 Å². The average Bonchev–Trinajstić information content (AvgIpc) is 2.44. The van der Waals surface area contributed by atoms with Gasteiger partial charge in [-0.2, -0.15) is 0 Å². The van der Waals surface area contributed by atoms with Crippen LogP contribution in [-0.4, -0.2) is 6.54 Å². The highest BCUT2D eigenvalue weighted by Crippen LogP contribution is 2.29. The maximum atomic E-state index is 13.8. The third kappa shape index (κ3) is 4.51. The second-order valence-electron chi connectivity index (χ2n) is 4.61. The van der Waals surface area contributed by atoms with Crippen molar-refractivity contribution in [3.63, 3.8) is 0 Å². The van der Waals surface area contributed by atoms with E-state index in [4.69, 9.17) is 4.74 Å². The zero-order chi connectivity index (χ0) is 15.2. The summed E-state index contributed by atoms with van der Waals surface area (Å²) in [7, 11) is 0. The molecule has 0 aliphatic carbocycles. The zero-order valence-electron chi connectivity index (χ0n) is 11.6. The highest BCUT2D eigenvalue weighted by atomic mass is 79.9. The molecule has 0 fully saturated rings. The normalized spacial score (nSPS) is 10.7. The molecule has 2 aromatic rings. The molecule has 0 aliphatic heterocycles. The van der Waals surface area contributed by atoms with Crippen LogP contribution in [-0.2, 0) is 6.54 Å². The van der Waals surface area contributed by atoms with E-state index in [1.54, 1.807) is 6.07 Å².